The van der Waals surface area contributed by atoms with Gasteiger partial charge in [-0.2, -0.15) is 5.10 Å². The fourth-order valence-corrected chi connectivity index (χ4v) is 2.19. The van der Waals surface area contributed by atoms with Gasteiger partial charge in [0, 0.05) is 15.9 Å². The highest BCUT2D eigenvalue weighted by molar-refractivity contribution is 9.10. The SMILES string of the molecule is Nc1[nH]ncc1C(=O)Cc1ccc(Br)cc1Cl. The smallest absolute Gasteiger partial charge is 0.172 e. The fourth-order valence-electron chi connectivity index (χ4n) is 1.45. The molecule has 0 saturated carbocycles. The third kappa shape index (κ3) is 2.68. The Kier molecular flexibility index (Phi) is 3.49. The van der Waals surface area contributed by atoms with E-state index >= 15 is 0 Å². The van der Waals surface area contributed by atoms with E-state index in [0.717, 1.165) is 10.0 Å². The van der Waals surface area contributed by atoms with Crippen molar-refractivity contribution in [3.05, 3.63) is 45.0 Å². The summed E-state index contributed by atoms with van der Waals surface area (Å²) >= 11 is 9.35. The highest BCUT2D eigenvalue weighted by Gasteiger charge is 2.14. The maximum absolute atomic E-state index is 11.9. The lowest BCUT2D eigenvalue weighted by atomic mass is 10.1. The molecule has 1 heterocycles. The van der Waals surface area contributed by atoms with Gasteiger partial charge in [-0.1, -0.05) is 33.6 Å². The van der Waals surface area contributed by atoms with Crippen LogP contribution in [0.2, 0.25) is 5.02 Å². The first-order chi connectivity index (χ1) is 8.08. The van der Waals surface area contributed by atoms with Crippen LogP contribution in [0.3, 0.4) is 0 Å². The minimum absolute atomic E-state index is 0.111. The predicted octanol–water partition coefficient (Wildman–Crippen LogP) is 2.83. The number of ketones is 1. The summed E-state index contributed by atoms with van der Waals surface area (Å²) in [5, 5.41) is 6.79. The first kappa shape index (κ1) is 12.1. The Morgan fingerprint density at radius 1 is 1.53 bits per heavy atom. The van der Waals surface area contributed by atoms with Crippen molar-refractivity contribution in [3.63, 3.8) is 0 Å². The lowest BCUT2D eigenvalue weighted by molar-refractivity contribution is 0.0994. The fraction of sp³-hybridized carbons (Fsp3) is 0.0909. The van der Waals surface area contributed by atoms with Crippen LogP contribution in [0.15, 0.2) is 28.9 Å². The van der Waals surface area contributed by atoms with Gasteiger partial charge in [-0.15, -0.1) is 0 Å². The summed E-state index contributed by atoms with van der Waals surface area (Å²) in [4.78, 5) is 11.9. The van der Waals surface area contributed by atoms with Crippen molar-refractivity contribution >= 4 is 39.1 Å². The molecule has 0 aliphatic rings. The minimum Gasteiger partial charge on any atom is -0.383 e. The van der Waals surface area contributed by atoms with E-state index in [1.807, 2.05) is 6.07 Å². The molecule has 0 unspecified atom stereocenters. The van der Waals surface area contributed by atoms with E-state index in [-0.39, 0.29) is 18.0 Å². The molecular formula is C11H9BrClN3O. The lowest BCUT2D eigenvalue weighted by Crippen LogP contribution is -2.05. The second-order valence-electron chi connectivity index (χ2n) is 3.53. The number of halogens is 2. The van der Waals surface area contributed by atoms with E-state index in [9.17, 15) is 4.79 Å². The van der Waals surface area contributed by atoms with E-state index in [4.69, 9.17) is 17.3 Å². The predicted molar refractivity (Wildman–Crippen MR) is 70.2 cm³/mol. The number of nitrogens with two attached hydrogens (primary N) is 1. The minimum atomic E-state index is -0.111. The molecule has 1 aromatic heterocycles. The number of carbonyl (C=O) groups excluding carboxylic acids is 1. The number of rotatable bonds is 3. The lowest BCUT2D eigenvalue weighted by Gasteiger charge is -2.03. The third-order valence-electron chi connectivity index (χ3n) is 2.34. The molecule has 3 N–H and O–H groups in total. The summed E-state index contributed by atoms with van der Waals surface area (Å²) in [7, 11) is 0. The van der Waals surface area contributed by atoms with Gasteiger partial charge < -0.3 is 5.73 Å². The number of nitrogens with one attached hydrogen (secondary N) is 1. The van der Waals surface area contributed by atoms with Crippen LogP contribution < -0.4 is 5.73 Å². The second kappa shape index (κ2) is 4.89. The van der Waals surface area contributed by atoms with Crippen molar-refractivity contribution in [2.75, 3.05) is 5.73 Å². The molecule has 6 heteroatoms. The largest absolute Gasteiger partial charge is 0.383 e. The van der Waals surface area contributed by atoms with Crippen LogP contribution in [0.25, 0.3) is 0 Å². The topological polar surface area (TPSA) is 71.8 Å². The van der Waals surface area contributed by atoms with Crippen LogP contribution in [-0.4, -0.2) is 16.0 Å². The molecule has 0 fully saturated rings. The van der Waals surface area contributed by atoms with Crippen molar-refractivity contribution in [1.82, 2.24) is 10.2 Å². The number of anilines is 1. The Hall–Kier alpha value is -1.33. The molecule has 0 bridgehead atoms. The van der Waals surface area contributed by atoms with E-state index in [1.54, 1.807) is 12.1 Å². The molecule has 0 saturated heterocycles. The van der Waals surface area contributed by atoms with Crippen LogP contribution in [0.5, 0.6) is 0 Å². The molecule has 4 nitrogen and oxygen atoms in total. The molecule has 0 spiro atoms. The van der Waals surface area contributed by atoms with Crippen molar-refractivity contribution < 1.29 is 4.79 Å². The molecule has 0 atom stereocenters. The zero-order valence-corrected chi connectivity index (χ0v) is 11.0. The van der Waals surface area contributed by atoms with Crippen LogP contribution >= 0.6 is 27.5 Å². The molecular weight excluding hydrogens is 305 g/mol. The van der Waals surface area contributed by atoms with E-state index in [1.165, 1.54) is 6.20 Å². The maximum atomic E-state index is 11.9. The first-order valence-electron chi connectivity index (χ1n) is 4.84. The molecule has 88 valence electrons. The summed E-state index contributed by atoms with van der Waals surface area (Å²) in [5.74, 6) is 0.170. The summed E-state index contributed by atoms with van der Waals surface area (Å²) in [6.07, 6.45) is 1.63. The van der Waals surface area contributed by atoms with Crippen LogP contribution in [-0.2, 0) is 6.42 Å². The Labute approximate surface area is 111 Å². The number of Topliss-reactive ketones (excluding diaryl/α,β-unsaturated/α-hetero) is 1. The second-order valence-corrected chi connectivity index (χ2v) is 4.86. The van der Waals surface area contributed by atoms with Gasteiger partial charge in [0.05, 0.1) is 11.8 Å². The number of aromatic amines is 1. The zero-order chi connectivity index (χ0) is 12.4. The van der Waals surface area contributed by atoms with Crippen molar-refractivity contribution in [3.8, 4) is 0 Å². The van der Waals surface area contributed by atoms with Crippen LogP contribution in [0, 0.1) is 0 Å². The van der Waals surface area contributed by atoms with Gasteiger partial charge in [-0.25, -0.2) is 0 Å². The normalized spacial score (nSPS) is 10.5. The summed E-state index contributed by atoms with van der Waals surface area (Å²) in [5.41, 5.74) is 6.73. The molecule has 0 aliphatic heterocycles. The number of carbonyl (C=O) groups is 1. The van der Waals surface area contributed by atoms with E-state index < -0.39 is 0 Å². The molecule has 2 aromatic rings. The summed E-state index contributed by atoms with van der Waals surface area (Å²) in [6, 6.07) is 5.40. The van der Waals surface area contributed by atoms with Crippen LogP contribution in [0.1, 0.15) is 15.9 Å². The Bertz CT molecular complexity index is 568. The van der Waals surface area contributed by atoms with E-state index in [0.29, 0.717) is 10.6 Å². The van der Waals surface area contributed by atoms with E-state index in [2.05, 4.69) is 26.1 Å². The van der Waals surface area contributed by atoms with Gasteiger partial charge in [0.25, 0.3) is 0 Å². The number of aromatic nitrogens is 2. The monoisotopic (exact) mass is 313 g/mol. The highest BCUT2D eigenvalue weighted by atomic mass is 79.9. The number of hydrogen-bond donors (Lipinski definition) is 2. The maximum Gasteiger partial charge on any atom is 0.172 e. The number of benzene rings is 1. The average molecular weight is 315 g/mol. The molecule has 1 aromatic carbocycles. The van der Waals surface area contributed by atoms with Crippen molar-refractivity contribution in [1.29, 1.82) is 0 Å². The van der Waals surface area contributed by atoms with Gasteiger partial charge >= 0.3 is 0 Å². The molecule has 0 radical (unpaired) electrons. The average Bonchev–Trinajstić information content (AvgIpc) is 2.68. The van der Waals surface area contributed by atoms with Gasteiger partial charge in [0.2, 0.25) is 0 Å². The Morgan fingerprint density at radius 2 is 2.29 bits per heavy atom. The van der Waals surface area contributed by atoms with Crippen LogP contribution in [0.4, 0.5) is 5.82 Å². The highest BCUT2D eigenvalue weighted by Crippen LogP contribution is 2.23. The molecule has 0 amide bonds. The third-order valence-corrected chi connectivity index (χ3v) is 3.18. The summed E-state index contributed by atoms with van der Waals surface area (Å²) in [6.45, 7) is 0. The molecule has 17 heavy (non-hydrogen) atoms. The standard InChI is InChI=1S/C11H9BrClN3O/c12-7-2-1-6(9(13)4-7)3-10(17)8-5-15-16-11(8)14/h1-2,4-5H,3H2,(H3,14,15,16). The van der Waals surface area contributed by atoms with Gasteiger partial charge in [-0.3, -0.25) is 9.89 Å². The van der Waals surface area contributed by atoms with Gasteiger partial charge in [-0.05, 0) is 17.7 Å². The van der Waals surface area contributed by atoms with Crippen molar-refractivity contribution in [2.24, 2.45) is 0 Å². The number of H-pyrrole nitrogens is 1. The molecule has 0 aliphatic carbocycles. The van der Waals surface area contributed by atoms with Gasteiger partial charge in [0.15, 0.2) is 5.78 Å². The Balaban J connectivity index is 2.22. The quantitative estimate of drug-likeness (QED) is 0.856. The first-order valence-corrected chi connectivity index (χ1v) is 6.01. The Morgan fingerprint density at radius 3 is 2.88 bits per heavy atom. The number of hydrogen-bond acceptors (Lipinski definition) is 3. The van der Waals surface area contributed by atoms with Gasteiger partial charge in [0.1, 0.15) is 5.82 Å². The molecule has 2 rings (SSSR count). The summed E-state index contributed by atoms with van der Waals surface area (Å²) < 4.78 is 0.876. The number of nitrogens with zero attached hydrogens (tertiary/aromatic N) is 1. The zero-order valence-electron chi connectivity index (χ0n) is 8.71. The number of nitrogen functional groups attached to an aromatic ring is 1. The van der Waals surface area contributed by atoms with Crippen molar-refractivity contribution in [2.45, 2.75) is 6.42 Å².